The lowest BCUT2D eigenvalue weighted by Gasteiger charge is -2.30. The van der Waals surface area contributed by atoms with Crippen LogP contribution in [0.15, 0.2) is 24.3 Å². The van der Waals surface area contributed by atoms with E-state index in [0.29, 0.717) is 13.2 Å². The molecule has 128 valence electrons. The Morgan fingerprint density at radius 1 is 1.43 bits per heavy atom. The smallest absolute Gasteiger partial charge is 0.366 e. The number of amides is 1. The Labute approximate surface area is 133 Å². The lowest BCUT2D eigenvalue weighted by atomic mass is 10.0. The van der Waals surface area contributed by atoms with Crippen molar-refractivity contribution in [2.75, 3.05) is 26.7 Å². The van der Waals surface area contributed by atoms with Crippen LogP contribution in [0.25, 0.3) is 0 Å². The predicted octanol–water partition coefficient (Wildman–Crippen LogP) is 2.08. The van der Waals surface area contributed by atoms with Crippen molar-refractivity contribution in [2.45, 2.75) is 31.7 Å². The van der Waals surface area contributed by atoms with Crippen molar-refractivity contribution in [3.63, 3.8) is 0 Å². The minimum atomic E-state index is -4.39. The van der Waals surface area contributed by atoms with Crippen LogP contribution >= 0.6 is 0 Å². The molecule has 1 aromatic rings. The maximum Gasteiger partial charge on any atom is 0.416 e. The van der Waals surface area contributed by atoms with Crippen LogP contribution in [0.5, 0.6) is 0 Å². The number of halogens is 3. The van der Waals surface area contributed by atoms with Gasteiger partial charge in [0.05, 0.1) is 12.2 Å². The summed E-state index contributed by atoms with van der Waals surface area (Å²) in [5, 5.41) is 2.74. The first-order valence-electron chi connectivity index (χ1n) is 7.53. The summed E-state index contributed by atoms with van der Waals surface area (Å²) in [6, 6.07) is 5.01. The molecule has 0 saturated carbocycles. The molecule has 1 aromatic carbocycles. The Balaban J connectivity index is 1.97. The fourth-order valence-electron chi connectivity index (χ4n) is 2.63. The Kier molecular flexibility index (Phi) is 5.64. The van der Waals surface area contributed by atoms with Crippen molar-refractivity contribution in [2.24, 2.45) is 0 Å². The largest absolute Gasteiger partial charge is 0.416 e. The van der Waals surface area contributed by atoms with E-state index in [1.54, 1.807) is 13.0 Å². The normalized spacial score (nSPS) is 21.0. The van der Waals surface area contributed by atoms with Crippen molar-refractivity contribution in [1.82, 2.24) is 10.2 Å². The zero-order chi connectivity index (χ0) is 17.0. The molecule has 1 amide bonds. The summed E-state index contributed by atoms with van der Waals surface area (Å²) in [6.07, 6.45) is -4.85. The third-order valence-corrected chi connectivity index (χ3v) is 3.80. The number of morpholine rings is 1. The summed E-state index contributed by atoms with van der Waals surface area (Å²) in [7, 11) is 1.89. The van der Waals surface area contributed by atoms with E-state index in [4.69, 9.17) is 4.74 Å². The highest BCUT2D eigenvalue weighted by atomic mass is 19.4. The fraction of sp³-hybridized carbons (Fsp3) is 0.562. The zero-order valence-electron chi connectivity index (χ0n) is 13.2. The van der Waals surface area contributed by atoms with E-state index in [1.807, 2.05) is 11.9 Å². The van der Waals surface area contributed by atoms with Crippen molar-refractivity contribution >= 4 is 5.91 Å². The molecule has 0 aromatic heterocycles. The van der Waals surface area contributed by atoms with Gasteiger partial charge in [-0.05, 0) is 32.0 Å². The number of nitrogens with zero attached hydrogens (tertiary/aromatic N) is 1. The van der Waals surface area contributed by atoms with Crippen molar-refractivity contribution in [3.05, 3.63) is 35.4 Å². The van der Waals surface area contributed by atoms with Gasteiger partial charge in [0.25, 0.3) is 5.91 Å². The Morgan fingerprint density at radius 3 is 2.78 bits per heavy atom. The quantitative estimate of drug-likeness (QED) is 0.919. The van der Waals surface area contributed by atoms with Gasteiger partial charge < -0.3 is 15.0 Å². The molecule has 0 bridgehead atoms. The molecule has 2 rings (SSSR count). The number of benzene rings is 1. The van der Waals surface area contributed by atoms with Crippen LogP contribution in [0.2, 0.25) is 0 Å². The van der Waals surface area contributed by atoms with Crippen LogP contribution in [0, 0.1) is 0 Å². The molecule has 1 heterocycles. The molecule has 23 heavy (non-hydrogen) atoms. The number of hydrogen-bond donors (Lipinski definition) is 1. The van der Waals surface area contributed by atoms with Gasteiger partial charge in [-0.25, -0.2) is 0 Å². The second kappa shape index (κ2) is 7.31. The van der Waals surface area contributed by atoms with Gasteiger partial charge in [0, 0.05) is 19.1 Å². The summed E-state index contributed by atoms with van der Waals surface area (Å²) in [5.74, 6) is -0.284. The minimum Gasteiger partial charge on any atom is -0.366 e. The standard InChI is InChI=1S/C16H21F3N2O2/c1-11(20-15(22)14-10-21(2)7-8-23-14)9-12-5-3-4-6-13(12)16(17,18)19/h3-6,11,14H,7-10H2,1-2H3,(H,20,22)/t11-,14+/m1/s1. The third kappa shape index (κ3) is 4.94. The number of ether oxygens (including phenoxy) is 1. The third-order valence-electron chi connectivity index (χ3n) is 3.80. The summed E-state index contributed by atoms with van der Waals surface area (Å²) < 4.78 is 44.4. The predicted molar refractivity (Wildman–Crippen MR) is 80.0 cm³/mol. The molecule has 1 N–H and O–H groups in total. The van der Waals surface area contributed by atoms with E-state index in [-0.39, 0.29) is 17.9 Å². The summed E-state index contributed by atoms with van der Waals surface area (Å²) in [4.78, 5) is 14.1. The van der Waals surface area contributed by atoms with Crippen LogP contribution < -0.4 is 5.32 Å². The average molecular weight is 330 g/mol. The molecule has 0 aliphatic carbocycles. The maximum atomic E-state index is 13.0. The van der Waals surface area contributed by atoms with E-state index in [0.717, 1.165) is 12.6 Å². The SMILES string of the molecule is C[C@H](Cc1ccccc1C(F)(F)F)NC(=O)[C@@H]1CN(C)CCO1. The van der Waals surface area contributed by atoms with Crippen LogP contribution in [0.4, 0.5) is 13.2 Å². The van der Waals surface area contributed by atoms with Crippen LogP contribution in [0.1, 0.15) is 18.1 Å². The number of likely N-dealkylation sites (N-methyl/N-ethyl adjacent to an activating group) is 1. The van der Waals surface area contributed by atoms with Crippen molar-refractivity contribution in [3.8, 4) is 0 Å². The molecule has 0 unspecified atom stereocenters. The Bertz CT molecular complexity index is 548. The van der Waals surface area contributed by atoms with Crippen LogP contribution in [-0.4, -0.2) is 49.7 Å². The fourth-order valence-corrected chi connectivity index (χ4v) is 2.63. The molecule has 4 nitrogen and oxygen atoms in total. The van der Waals surface area contributed by atoms with Crippen molar-refractivity contribution in [1.29, 1.82) is 0 Å². The van der Waals surface area contributed by atoms with Crippen LogP contribution in [0.3, 0.4) is 0 Å². The molecule has 0 radical (unpaired) electrons. The van der Waals surface area contributed by atoms with Gasteiger partial charge >= 0.3 is 6.18 Å². The van der Waals surface area contributed by atoms with Gasteiger partial charge in [-0.1, -0.05) is 18.2 Å². The molecule has 0 spiro atoms. The molecule has 1 aliphatic heterocycles. The zero-order valence-corrected chi connectivity index (χ0v) is 13.2. The Hall–Kier alpha value is -1.60. The highest BCUT2D eigenvalue weighted by Crippen LogP contribution is 2.32. The first-order chi connectivity index (χ1) is 10.8. The maximum absolute atomic E-state index is 13.0. The van der Waals surface area contributed by atoms with E-state index in [9.17, 15) is 18.0 Å². The summed E-state index contributed by atoms with van der Waals surface area (Å²) in [6.45, 7) is 3.41. The lowest BCUT2D eigenvalue weighted by molar-refractivity contribution is -0.138. The monoisotopic (exact) mass is 330 g/mol. The highest BCUT2D eigenvalue weighted by molar-refractivity contribution is 5.81. The number of carbonyl (C=O) groups is 1. The van der Waals surface area contributed by atoms with Gasteiger partial charge in [-0.3, -0.25) is 4.79 Å². The van der Waals surface area contributed by atoms with Gasteiger partial charge in [0.15, 0.2) is 0 Å². The molecule has 1 fully saturated rings. The van der Waals surface area contributed by atoms with E-state index >= 15 is 0 Å². The molecular formula is C16H21F3N2O2. The number of nitrogens with one attached hydrogen (secondary N) is 1. The van der Waals surface area contributed by atoms with Gasteiger partial charge in [-0.2, -0.15) is 13.2 Å². The van der Waals surface area contributed by atoms with Gasteiger partial charge in [-0.15, -0.1) is 0 Å². The summed E-state index contributed by atoms with van der Waals surface area (Å²) in [5.41, 5.74) is -0.482. The van der Waals surface area contributed by atoms with Gasteiger partial charge in [0.1, 0.15) is 6.10 Å². The Morgan fingerprint density at radius 2 is 2.13 bits per heavy atom. The van der Waals surface area contributed by atoms with Crippen LogP contribution in [-0.2, 0) is 22.1 Å². The molecule has 1 aliphatic rings. The van der Waals surface area contributed by atoms with E-state index in [1.165, 1.54) is 12.1 Å². The van der Waals surface area contributed by atoms with Gasteiger partial charge in [0.2, 0.25) is 0 Å². The average Bonchev–Trinajstić information content (AvgIpc) is 2.46. The molecule has 7 heteroatoms. The molecule has 1 saturated heterocycles. The summed E-state index contributed by atoms with van der Waals surface area (Å²) >= 11 is 0. The minimum absolute atomic E-state index is 0.115. The molecule has 2 atom stereocenters. The molecular weight excluding hydrogens is 309 g/mol. The lowest BCUT2D eigenvalue weighted by Crippen LogP contribution is -2.50. The second-order valence-corrected chi connectivity index (χ2v) is 5.89. The second-order valence-electron chi connectivity index (χ2n) is 5.89. The number of hydrogen-bond acceptors (Lipinski definition) is 3. The first kappa shape index (κ1) is 17.7. The van der Waals surface area contributed by atoms with E-state index < -0.39 is 23.9 Å². The topological polar surface area (TPSA) is 41.6 Å². The number of alkyl halides is 3. The van der Waals surface area contributed by atoms with Crippen molar-refractivity contribution < 1.29 is 22.7 Å². The first-order valence-corrected chi connectivity index (χ1v) is 7.53. The number of carbonyl (C=O) groups excluding carboxylic acids is 1. The highest BCUT2D eigenvalue weighted by Gasteiger charge is 2.33. The number of rotatable bonds is 4. The van der Waals surface area contributed by atoms with E-state index in [2.05, 4.69) is 5.32 Å².